The van der Waals surface area contributed by atoms with E-state index in [4.69, 9.17) is 0 Å². The maximum absolute atomic E-state index is 11.9. The summed E-state index contributed by atoms with van der Waals surface area (Å²) in [4.78, 5) is 11.1. The Morgan fingerprint density at radius 3 is 2.42 bits per heavy atom. The Hall–Kier alpha value is -1.76. The summed E-state index contributed by atoms with van der Waals surface area (Å²) in [5.74, 6) is -0.380. The van der Waals surface area contributed by atoms with Gasteiger partial charge in [-0.1, -0.05) is 12.1 Å². The molecular weight excluding hydrogens is 261 g/mol. The highest BCUT2D eigenvalue weighted by Crippen LogP contribution is 2.22. The van der Waals surface area contributed by atoms with Gasteiger partial charge in [0.25, 0.3) is 0 Å². The van der Waals surface area contributed by atoms with Gasteiger partial charge in [-0.3, -0.25) is 4.79 Å². The van der Waals surface area contributed by atoms with E-state index in [0.717, 1.165) is 5.56 Å². The van der Waals surface area contributed by atoms with Crippen LogP contribution >= 0.6 is 0 Å². The molecule has 0 aliphatic heterocycles. The van der Waals surface area contributed by atoms with Crippen molar-refractivity contribution in [2.75, 3.05) is 20.1 Å². The van der Waals surface area contributed by atoms with E-state index in [1.807, 2.05) is 0 Å². The molecule has 1 aromatic carbocycles. The number of likely N-dealkylation sites (N-methyl/N-ethyl adjacent to an activating group) is 1. The molecule has 0 unspecified atom stereocenters. The highest BCUT2D eigenvalue weighted by Gasteiger charge is 2.30. The second-order valence-electron chi connectivity index (χ2n) is 3.82. The summed E-state index contributed by atoms with van der Waals surface area (Å²) in [6.07, 6.45) is -4.13. The van der Waals surface area contributed by atoms with Gasteiger partial charge in [-0.25, -0.2) is 0 Å². The lowest BCUT2D eigenvalue weighted by molar-refractivity contribution is -0.274. The normalized spacial score (nSPS) is 11.2. The average molecular weight is 276 g/mol. The lowest BCUT2D eigenvalue weighted by Gasteiger charge is -2.09. The van der Waals surface area contributed by atoms with Crippen LogP contribution in [0.3, 0.4) is 0 Å². The third kappa shape index (κ3) is 6.66. The van der Waals surface area contributed by atoms with Crippen molar-refractivity contribution < 1.29 is 22.7 Å². The van der Waals surface area contributed by atoms with E-state index in [-0.39, 0.29) is 18.2 Å². The molecule has 1 aromatic rings. The molecule has 19 heavy (non-hydrogen) atoms. The zero-order chi connectivity index (χ0) is 14.3. The summed E-state index contributed by atoms with van der Waals surface area (Å²) in [5, 5.41) is 5.38. The molecule has 106 valence electrons. The van der Waals surface area contributed by atoms with Crippen LogP contribution in [0.15, 0.2) is 24.3 Å². The highest BCUT2D eigenvalue weighted by atomic mass is 19.4. The average Bonchev–Trinajstić information content (AvgIpc) is 2.30. The Morgan fingerprint density at radius 1 is 1.26 bits per heavy atom. The van der Waals surface area contributed by atoms with Crippen molar-refractivity contribution >= 4 is 5.91 Å². The van der Waals surface area contributed by atoms with Gasteiger partial charge >= 0.3 is 6.36 Å². The third-order valence-electron chi connectivity index (χ3n) is 2.23. The van der Waals surface area contributed by atoms with Gasteiger partial charge in [-0.05, 0) is 31.2 Å². The zero-order valence-corrected chi connectivity index (χ0v) is 10.4. The van der Waals surface area contributed by atoms with E-state index in [1.54, 1.807) is 7.05 Å². The molecule has 0 saturated heterocycles. The first-order chi connectivity index (χ1) is 8.90. The molecule has 0 aliphatic rings. The predicted octanol–water partition coefficient (Wildman–Crippen LogP) is 1.46. The molecule has 0 spiro atoms. The number of benzene rings is 1. The van der Waals surface area contributed by atoms with Crippen molar-refractivity contribution in [2.45, 2.75) is 12.8 Å². The van der Waals surface area contributed by atoms with Gasteiger partial charge in [0.05, 0.1) is 6.54 Å². The molecule has 0 bridgehead atoms. The Labute approximate surface area is 108 Å². The Kier molecular flexibility index (Phi) is 5.62. The number of alkyl halides is 3. The van der Waals surface area contributed by atoms with Gasteiger partial charge in [0.2, 0.25) is 5.91 Å². The fourth-order valence-electron chi connectivity index (χ4n) is 1.43. The van der Waals surface area contributed by atoms with E-state index in [0.29, 0.717) is 13.0 Å². The molecule has 0 saturated carbocycles. The molecule has 1 amide bonds. The Morgan fingerprint density at radius 2 is 1.89 bits per heavy atom. The summed E-state index contributed by atoms with van der Waals surface area (Å²) in [6, 6.07) is 5.56. The maximum Gasteiger partial charge on any atom is 0.573 e. The van der Waals surface area contributed by atoms with Gasteiger partial charge in [-0.2, -0.15) is 0 Å². The van der Waals surface area contributed by atoms with Crippen LogP contribution in [0.5, 0.6) is 5.75 Å². The van der Waals surface area contributed by atoms with Crippen LogP contribution < -0.4 is 15.4 Å². The van der Waals surface area contributed by atoms with Crippen molar-refractivity contribution in [1.29, 1.82) is 0 Å². The van der Waals surface area contributed by atoms with Gasteiger partial charge in [0, 0.05) is 6.54 Å². The van der Waals surface area contributed by atoms with Crippen molar-refractivity contribution in [3.63, 3.8) is 0 Å². The second kappa shape index (κ2) is 6.98. The second-order valence-corrected chi connectivity index (χ2v) is 3.82. The number of hydrogen-bond donors (Lipinski definition) is 2. The van der Waals surface area contributed by atoms with Gasteiger partial charge < -0.3 is 15.4 Å². The molecule has 0 aromatic heterocycles. The standard InChI is InChI=1S/C12H15F3N2O2/c1-16-8-11(18)17-7-6-9-2-4-10(5-3-9)19-12(13,14)15/h2-5,16H,6-8H2,1H3,(H,17,18). The number of nitrogens with one attached hydrogen (secondary N) is 2. The van der Waals surface area contributed by atoms with E-state index < -0.39 is 6.36 Å². The highest BCUT2D eigenvalue weighted by molar-refractivity contribution is 5.77. The molecule has 1 rings (SSSR count). The van der Waals surface area contributed by atoms with Gasteiger partial charge in [-0.15, -0.1) is 13.2 Å². The van der Waals surface area contributed by atoms with Crippen molar-refractivity contribution in [2.24, 2.45) is 0 Å². The van der Waals surface area contributed by atoms with Crippen LogP contribution in [0.2, 0.25) is 0 Å². The molecule has 2 N–H and O–H groups in total. The smallest absolute Gasteiger partial charge is 0.406 e. The summed E-state index contributed by atoms with van der Waals surface area (Å²) >= 11 is 0. The molecule has 0 aliphatic carbocycles. The summed E-state index contributed by atoms with van der Waals surface area (Å²) in [7, 11) is 1.67. The minimum atomic E-state index is -4.68. The summed E-state index contributed by atoms with van der Waals surface area (Å²) in [6.45, 7) is 0.665. The van der Waals surface area contributed by atoms with Crippen LogP contribution in [0, 0.1) is 0 Å². The predicted molar refractivity (Wildman–Crippen MR) is 63.8 cm³/mol. The van der Waals surface area contributed by atoms with Crippen molar-refractivity contribution in [3.8, 4) is 5.75 Å². The van der Waals surface area contributed by atoms with Crippen LogP contribution in [-0.4, -0.2) is 32.4 Å². The first-order valence-electron chi connectivity index (χ1n) is 5.66. The number of rotatable bonds is 6. The third-order valence-corrected chi connectivity index (χ3v) is 2.23. The number of amides is 1. The van der Waals surface area contributed by atoms with Crippen molar-refractivity contribution in [3.05, 3.63) is 29.8 Å². The maximum atomic E-state index is 11.9. The molecule has 0 atom stereocenters. The van der Waals surface area contributed by atoms with E-state index in [9.17, 15) is 18.0 Å². The SMILES string of the molecule is CNCC(=O)NCCc1ccc(OC(F)(F)F)cc1. The zero-order valence-electron chi connectivity index (χ0n) is 10.4. The number of halogens is 3. The quantitative estimate of drug-likeness (QED) is 0.827. The molecule has 0 heterocycles. The minimum Gasteiger partial charge on any atom is -0.406 e. The number of carbonyl (C=O) groups is 1. The molecule has 7 heteroatoms. The molecular formula is C12H15F3N2O2. The largest absolute Gasteiger partial charge is 0.573 e. The Bertz CT molecular complexity index is 404. The van der Waals surface area contributed by atoms with Crippen LogP contribution in [0.4, 0.5) is 13.2 Å². The van der Waals surface area contributed by atoms with Crippen molar-refractivity contribution in [1.82, 2.24) is 10.6 Å². The van der Waals surface area contributed by atoms with Gasteiger partial charge in [0.15, 0.2) is 0 Å². The van der Waals surface area contributed by atoms with Crippen LogP contribution in [0.1, 0.15) is 5.56 Å². The molecule has 0 fully saturated rings. The minimum absolute atomic E-state index is 0.125. The summed E-state index contributed by atoms with van der Waals surface area (Å²) < 4.78 is 39.5. The number of ether oxygens (including phenoxy) is 1. The first-order valence-corrected chi connectivity index (χ1v) is 5.66. The number of carbonyl (C=O) groups excluding carboxylic acids is 1. The van der Waals surface area contributed by atoms with E-state index >= 15 is 0 Å². The topological polar surface area (TPSA) is 50.4 Å². The lowest BCUT2D eigenvalue weighted by atomic mass is 10.1. The fraction of sp³-hybridized carbons (Fsp3) is 0.417. The van der Waals surface area contributed by atoms with E-state index in [1.165, 1.54) is 24.3 Å². The fourth-order valence-corrected chi connectivity index (χ4v) is 1.43. The van der Waals surface area contributed by atoms with Gasteiger partial charge in [0.1, 0.15) is 5.75 Å². The lowest BCUT2D eigenvalue weighted by Crippen LogP contribution is -2.33. The summed E-state index contributed by atoms with van der Waals surface area (Å²) in [5.41, 5.74) is 0.819. The monoisotopic (exact) mass is 276 g/mol. The number of hydrogen-bond acceptors (Lipinski definition) is 3. The molecule has 0 radical (unpaired) electrons. The van der Waals surface area contributed by atoms with Crippen LogP contribution in [-0.2, 0) is 11.2 Å². The first kappa shape index (κ1) is 15.3. The Balaban J connectivity index is 2.38. The van der Waals surface area contributed by atoms with Crippen LogP contribution in [0.25, 0.3) is 0 Å². The molecule has 4 nitrogen and oxygen atoms in total. The van der Waals surface area contributed by atoms with E-state index in [2.05, 4.69) is 15.4 Å².